The number of methoxy groups -OCH3 is 1. The number of hydrogen-bond acceptors (Lipinski definition) is 6. The van der Waals surface area contributed by atoms with Gasteiger partial charge in [-0.05, 0) is 12.5 Å². The van der Waals surface area contributed by atoms with E-state index in [0.717, 1.165) is 42.5 Å². The van der Waals surface area contributed by atoms with Gasteiger partial charge in [0.15, 0.2) is 0 Å². The Balaban J connectivity index is 1.60. The van der Waals surface area contributed by atoms with E-state index in [-0.39, 0.29) is 0 Å². The van der Waals surface area contributed by atoms with E-state index in [9.17, 15) is 0 Å². The molecule has 21 heavy (non-hydrogen) atoms. The standard InChI is InChI=1S/C14H19N5O2/c1-20-8-12-4-11(18-19-12)6-15-14-5-13(16-9-17-14)10-2-3-21-7-10/h4-5,9-10H,2-3,6-8H2,1H3,(H,18,19)(H,15,16,17). The van der Waals surface area contributed by atoms with Crippen molar-refractivity contribution < 1.29 is 9.47 Å². The third kappa shape index (κ3) is 3.56. The van der Waals surface area contributed by atoms with Crippen LogP contribution in [-0.4, -0.2) is 40.5 Å². The highest BCUT2D eigenvalue weighted by Crippen LogP contribution is 2.24. The summed E-state index contributed by atoms with van der Waals surface area (Å²) in [5.74, 6) is 1.20. The minimum Gasteiger partial charge on any atom is -0.381 e. The van der Waals surface area contributed by atoms with Gasteiger partial charge in [-0.15, -0.1) is 0 Å². The summed E-state index contributed by atoms with van der Waals surface area (Å²) >= 11 is 0. The first-order valence-corrected chi connectivity index (χ1v) is 7.01. The fraction of sp³-hybridized carbons (Fsp3) is 0.500. The van der Waals surface area contributed by atoms with Crippen molar-refractivity contribution in [2.24, 2.45) is 0 Å². The highest BCUT2D eigenvalue weighted by Gasteiger charge is 2.19. The summed E-state index contributed by atoms with van der Waals surface area (Å²) < 4.78 is 10.4. The predicted molar refractivity (Wildman–Crippen MR) is 76.8 cm³/mol. The summed E-state index contributed by atoms with van der Waals surface area (Å²) in [6.07, 6.45) is 2.62. The third-order valence-electron chi connectivity index (χ3n) is 3.47. The average Bonchev–Trinajstić information content (AvgIpc) is 3.18. The van der Waals surface area contributed by atoms with Crippen LogP contribution in [0.25, 0.3) is 0 Å². The number of aromatic nitrogens is 4. The molecule has 0 radical (unpaired) electrons. The number of ether oxygens (including phenoxy) is 2. The number of H-pyrrole nitrogens is 1. The molecular weight excluding hydrogens is 270 g/mol. The molecule has 1 fully saturated rings. The first kappa shape index (κ1) is 14.0. The Labute approximate surface area is 123 Å². The van der Waals surface area contributed by atoms with Gasteiger partial charge in [0.25, 0.3) is 0 Å². The molecule has 0 aliphatic carbocycles. The Morgan fingerprint density at radius 1 is 1.43 bits per heavy atom. The number of rotatable bonds is 6. The summed E-state index contributed by atoms with van der Waals surface area (Å²) in [6, 6.07) is 3.97. The van der Waals surface area contributed by atoms with Crippen LogP contribution >= 0.6 is 0 Å². The summed E-state index contributed by atoms with van der Waals surface area (Å²) in [4.78, 5) is 8.58. The van der Waals surface area contributed by atoms with Gasteiger partial charge in [0, 0.05) is 25.7 Å². The van der Waals surface area contributed by atoms with Gasteiger partial charge in [-0.3, -0.25) is 5.10 Å². The van der Waals surface area contributed by atoms with Gasteiger partial charge in [0.2, 0.25) is 0 Å². The van der Waals surface area contributed by atoms with Gasteiger partial charge in [-0.1, -0.05) is 0 Å². The number of anilines is 1. The van der Waals surface area contributed by atoms with Crippen molar-refractivity contribution in [3.8, 4) is 0 Å². The fourth-order valence-corrected chi connectivity index (χ4v) is 2.37. The second-order valence-electron chi connectivity index (χ2n) is 5.06. The zero-order valence-corrected chi connectivity index (χ0v) is 12.0. The maximum atomic E-state index is 5.40. The second-order valence-corrected chi connectivity index (χ2v) is 5.06. The molecule has 2 N–H and O–H groups in total. The van der Waals surface area contributed by atoms with Crippen LogP contribution in [0.15, 0.2) is 18.5 Å². The summed E-state index contributed by atoms with van der Waals surface area (Å²) in [5, 5.41) is 10.4. The summed E-state index contributed by atoms with van der Waals surface area (Å²) in [6.45, 7) is 2.70. The van der Waals surface area contributed by atoms with Crippen LogP contribution in [0.2, 0.25) is 0 Å². The molecule has 0 aromatic carbocycles. The molecule has 0 spiro atoms. The summed E-state index contributed by atoms with van der Waals surface area (Å²) in [7, 11) is 1.65. The van der Waals surface area contributed by atoms with Crippen LogP contribution in [0, 0.1) is 0 Å². The Hall–Kier alpha value is -1.99. The molecule has 0 amide bonds. The van der Waals surface area contributed by atoms with Gasteiger partial charge >= 0.3 is 0 Å². The molecule has 1 saturated heterocycles. The van der Waals surface area contributed by atoms with E-state index in [4.69, 9.17) is 9.47 Å². The van der Waals surface area contributed by atoms with Crippen LogP contribution in [-0.2, 0) is 22.6 Å². The van der Waals surface area contributed by atoms with E-state index in [1.165, 1.54) is 0 Å². The van der Waals surface area contributed by atoms with Crippen molar-refractivity contribution in [2.45, 2.75) is 25.5 Å². The van der Waals surface area contributed by atoms with Gasteiger partial charge in [0.05, 0.1) is 36.8 Å². The molecule has 1 unspecified atom stereocenters. The van der Waals surface area contributed by atoms with Crippen molar-refractivity contribution in [3.63, 3.8) is 0 Å². The highest BCUT2D eigenvalue weighted by molar-refractivity contribution is 5.36. The Morgan fingerprint density at radius 3 is 3.19 bits per heavy atom. The normalized spacial score (nSPS) is 18.0. The van der Waals surface area contributed by atoms with Crippen LogP contribution in [0.4, 0.5) is 5.82 Å². The van der Waals surface area contributed by atoms with Gasteiger partial charge < -0.3 is 14.8 Å². The largest absolute Gasteiger partial charge is 0.381 e. The third-order valence-corrected chi connectivity index (χ3v) is 3.47. The minimum atomic E-state index is 0.383. The molecular formula is C14H19N5O2. The van der Waals surface area contributed by atoms with Gasteiger partial charge in [0.1, 0.15) is 12.1 Å². The molecule has 0 saturated carbocycles. The number of nitrogens with zero attached hydrogens (tertiary/aromatic N) is 3. The molecule has 112 valence electrons. The Kier molecular flexibility index (Phi) is 4.42. The maximum absolute atomic E-state index is 5.40. The fourth-order valence-electron chi connectivity index (χ4n) is 2.37. The lowest BCUT2D eigenvalue weighted by Crippen LogP contribution is -2.06. The SMILES string of the molecule is COCc1cc(CNc2cc(C3CCOC3)ncn2)[nH]n1. The number of aromatic amines is 1. The van der Waals surface area contributed by atoms with Crippen molar-refractivity contribution in [2.75, 3.05) is 25.6 Å². The van der Waals surface area contributed by atoms with E-state index < -0.39 is 0 Å². The van der Waals surface area contributed by atoms with Crippen LogP contribution in [0.5, 0.6) is 0 Å². The smallest absolute Gasteiger partial charge is 0.129 e. The van der Waals surface area contributed by atoms with Crippen molar-refractivity contribution in [1.29, 1.82) is 0 Å². The van der Waals surface area contributed by atoms with Crippen LogP contribution in [0.3, 0.4) is 0 Å². The quantitative estimate of drug-likeness (QED) is 0.837. The van der Waals surface area contributed by atoms with Crippen molar-refractivity contribution >= 4 is 5.82 Å². The maximum Gasteiger partial charge on any atom is 0.129 e. The van der Waals surface area contributed by atoms with E-state index in [1.807, 2.05) is 12.1 Å². The molecule has 2 aromatic heterocycles. The van der Waals surface area contributed by atoms with Crippen molar-refractivity contribution in [3.05, 3.63) is 35.5 Å². The molecule has 3 heterocycles. The lowest BCUT2D eigenvalue weighted by Gasteiger charge is -2.09. The topological polar surface area (TPSA) is 85.0 Å². The molecule has 7 nitrogen and oxygen atoms in total. The van der Waals surface area contributed by atoms with E-state index >= 15 is 0 Å². The molecule has 0 bridgehead atoms. The molecule has 1 aliphatic rings. The second kappa shape index (κ2) is 6.64. The van der Waals surface area contributed by atoms with E-state index in [1.54, 1.807) is 13.4 Å². The first-order valence-electron chi connectivity index (χ1n) is 7.01. The molecule has 3 rings (SSSR count). The Bertz CT molecular complexity index is 580. The number of nitrogens with one attached hydrogen (secondary N) is 2. The molecule has 7 heteroatoms. The molecule has 2 aromatic rings. The van der Waals surface area contributed by atoms with Crippen molar-refractivity contribution in [1.82, 2.24) is 20.2 Å². The Morgan fingerprint density at radius 2 is 2.38 bits per heavy atom. The number of hydrogen-bond donors (Lipinski definition) is 2. The van der Waals surface area contributed by atoms with Crippen LogP contribution < -0.4 is 5.32 Å². The monoisotopic (exact) mass is 289 g/mol. The van der Waals surface area contributed by atoms with E-state index in [2.05, 4.69) is 25.5 Å². The van der Waals surface area contributed by atoms with Crippen LogP contribution in [0.1, 0.15) is 29.4 Å². The zero-order valence-electron chi connectivity index (χ0n) is 12.0. The molecule has 1 atom stereocenters. The average molecular weight is 289 g/mol. The predicted octanol–water partition coefficient (Wildman–Crippen LogP) is 1.46. The van der Waals surface area contributed by atoms with Gasteiger partial charge in [-0.2, -0.15) is 5.10 Å². The molecule has 1 aliphatic heterocycles. The highest BCUT2D eigenvalue weighted by atomic mass is 16.5. The van der Waals surface area contributed by atoms with Gasteiger partial charge in [-0.25, -0.2) is 9.97 Å². The van der Waals surface area contributed by atoms with E-state index in [0.29, 0.717) is 19.1 Å². The zero-order chi connectivity index (χ0) is 14.5. The first-order chi connectivity index (χ1) is 10.3. The lowest BCUT2D eigenvalue weighted by atomic mass is 10.1. The summed E-state index contributed by atoms with van der Waals surface area (Å²) in [5.41, 5.74) is 2.92. The minimum absolute atomic E-state index is 0.383. The lowest BCUT2D eigenvalue weighted by molar-refractivity contribution is 0.181.